The van der Waals surface area contributed by atoms with Crippen molar-refractivity contribution in [1.82, 2.24) is 4.98 Å². The van der Waals surface area contributed by atoms with Gasteiger partial charge in [-0.3, -0.25) is 4.98 Å². The van der Waals surface area contributed by atoms with Crippen molar-refractivity contribution >= 4 is 0 Å². The predicted molar refractivity (Wildman–Crippen MR) is 60.2 cm³/mol. The molecule has 1 atom stereocenters. The topological polar surface area (TPSA) is 17.2 Å². The van der Waals surface area contributed by atoms with Crippen LogP contribution in [0.2, 0.25) is 0 Å². The lowest BCUT2D eigenvalue weighted by Gasteiger charge is -2.22. The lowest BCUT2D eigenvalue weighted by atomic mass is 9.82. The highest BCUT2D eigenvalue weighted by Gasteiger charge is 2.29. The minimum atomic E-state index is 0.0632. The molecule has 0 N–H and O–H groups in total. The fourth-order valence-corrected chi connectivity index (χ4v) is 2.46. The third-order valence-electron chi connectivity index (χ3n) is 3.28. The van der Waals surface area contributed by atoms with Crippen molar-refractivity contribution in [1.29, 1.82) is 0 Å². The fraction of sp³-hybridized carbons (Fsp3) is 0.538. The van der Waals surface area contributed by atoms with Gasteiger partial charge in [0.2, 0.25) is 0 Å². The van der Waals surface area contributed by atoms with Gasteiger partial charge >= 0.3 is 0 Å². The lowest BCUT2D eigenvalue weighted by molar-refractivity contribution is 0.331. The number of rotatable bonds is 2. The van der Waals surface area contributed by atoms with E-state index in [9.17, 15) is 0 Å². The summed E-state index contributed by atoms with van der Waals surface area (Å²) in [6.45, 7) is 7.34. The summed E-state index contributed by atoms with van der Waals surface area (Å²) in [5.41, 5.74) is 1.15. The second kappa shape index (κ2) is 4.93. The molecule has 0 aliphatic heterocycles. The van der Waals surface area contributed by atoms with Gasteiger partial charge in [0, 0.05) is 23.9 Å². The number of pyridine rings is 1. The van der Waals surface area contributed by atoms with Gasteiger partial charge < -0.3 is 4.85 Å². The molecule has 1 heterocycles. The number of hydrogen-bond acceptors (Lipinski definition) is 1. The van der Waals surface area contributed by atoms with Crippen molar-refractivity contribution < 1.29 is 0 Å². The molecule has 0 spiro atoms. The maximum atomic E-state index is 7.34. The van der Waals surface area contributed by atoms with Crippen molar-refractivity contribution in [3.8, 4) is 0 Å². The van der Waals surface area contributed by atoms with Crippen molar-refractivity contribution in [2.24, 2.45) is 5.92 Å². The Morgan fingerprint density at radius 1 is 1.20 bits per heavy atom. The zero-order chi connectivity index (χ0) is 10.5. The normalized spacial score (nSPS) is 19.4. The highest BCUT2D eigenvalue weighted by Crippen LogP contribution is 2.36. The summed E-state index contributed by atoms with van der Waals surface area (Å²) in [6.07, 6.45) is 9.94. The summed E-state index contributed by atoms with van der Waals surface area (Å²) in [6, 6.07) is 4.03. The maximum absolute atomic E-state index is 7.34. The number of nitrogens with zero attached hydrogens (tertiary/aromatic N) is 2. The minimum Gasteiger partial charge on any atom is -0.308 e. The summed E-state index contributed by atoms with van der Waals surface area (Å²) < 4.78 is 0. The van der Waals surface area contributed by atoms with E-state index in [0.29, 0.717) is 5.92 Å². The van der Waals surface area contributed by atoms with E-state index in [4.69, 9.17) is 6.57 Å². The minimum absolute atomic E-state index is 0.0632. The van der Waals surface area contributed by atoms with Gasteiger partial charge in [-0.25, -0.2) is 6.57 Å². The molecule has 78 valence electrons. The Kier molecular flexibility index (Phi) is 3.34. The summed E-state index contributed by atoms with van der Waals surface area (Å²) in [5, 5.41) is 0. The Balaban J connectivity index is 2.14. The molecule has 1 aliphatic rings. The molecule has 2 heteroatoms. The fourth-order valence-electron chi connectivity index (χ4n) is 2.46. The van der Waals surface area contributed by atoms with Gasteiger partial charge in [0.1, 0.15) is 0 Å². The molecule has 0 bridgehead atoms. The molecule has 1 aromatic heterocycles. The largest absolute Gasteiger partial charge is 0.308 e. The molecule has 15 heavy (non-hydrogen) atoms. The van der Waals surface area contributed by atoms with E-state index in [0.717, 1.165) is 5.56 Å². The van der Waals surface area contributed by atoms with Gasteiger partial charge in [-0.15, -0.1) is 0 Å². The van der Waals surface area contributed by atoms with Crippen LogP contribution in [0.15, 0.2) is 24.5 Å². The molecule has 2 rings (SSSR count). The molecule has 1 aromatic rings. The van der Waals surface area contributed by atoms with Crippen LogP contribution in [0, 0.1) is 12.5 Å². The van der Waals surface area contributed by atoms with E-state index in [1.165, 1.54) is 32.1 Å². The smallest absolute Gasteiger partial charge is 0.251 e. The highest BCUT2D eigenvalue weighted by molar-refractivity contribution is 5.19. The van der Waals surface area contributed by atoms with E-state index in [1.807, 2.05) is 12.1 Å². The molecule has 1 saturated carbocycles. The quantitative estimate of drug-likeness (QED) is 0.666. The Hall–Kier alpha value is -1.36. The van der Waals surface area contributed by atoms with Crippen LogP contribution in [-0.4, -0.2) is 4.98 Å². The Bertz CT molecular complexity index is 333. The molecule has 0 amide bonds. The van der Waals surface area contributed by atoms with Gasteiger partial charge in [0.25, 0.3) is 6.04 Å². The Morgan fingerprint density at radius 3 is 2.47 bits per heavy atom. The lowest BCUT2D eigenvalue weighted by Crippen LogP contribution is -2.13. The van der Waals surface area contributed by atoms with E-state index in [2.05, 4.69) is 9.83 Å². The zero-order valence-electron chi connectivity index (χ0n) is 8.89. The summed E-state index contributed by atoms with van der Waals surface area (Å²) in [4.78, 5) is 7.81. The first-order chi connectivity index (χ1) is 7.42. The van der Waals surface area contributed by atoms with E-state index < -0.39 is 0 Å². The molecule has 2 nitrogen and oxygen atoms in total. The van der Waals surface area contributed by atoms with Crippen LogP contribution in [-0.2, 0) is 0 Å². The Labute approximate surface area is 91.2 Å². The number of hydrogen-bond donors (Lipinski definition) is 0. The van der Waals surface area contributed by atoms with E-state index in [1.54, 1.807) is 12.4 Å². The van der Waals surface area contributed by atoms with Gasteiger partial charge in [-0.1, -0.05) is 19.3 Å². The second-order valence-corrected chi connectivity index (χ2v) is 4.25. The summed E-state index contributed by atoms with van der Waals surface area (Å²) in [5.74, 6) is 0.568. The molecular formula is C13H16N2. The molecule has 0 saturated heterocycles. The first-order valence-electron chi connectivity index (χ1n) is 5.68. The average Bonchev–Trinajstić information content (AvgIpc) is 2.33. The van der Waals surface area contributed by atoms with Crippen LogP contribution >= 0.6 is 0 Å². The SMILES string of the molecule is [C-]#[N+]C(c1ccncc1)C1CCCCC1. The van der Waals surface area contributed by atoms with Crippen LogP contribution in [0.25, 0.3) is 4.85 Å². The highest BCUT2D eigenvalue weighted by atomic mass is 14.7. The van der Waals surface area contributed by atoms with E-state index >= 15 is 0 Å². The molecule has 1 aliphatic carbocycles. The van der Waals surface area contributed by atoms with Crippen molar-refractivity contribution in [2.75, 3.05) is 0 Å². The van der Waals surface area contributed by atoms with Crippen molar-refractivity contribution in [2.45, 2.75) is 38.1 Å². The maximum Gasteiger partial charge on any atom is 0.251 e. The third kappa shape index (κ3) is 2.36. The number of aromatic nitrogens is 1. The van der Waals surface area contributed by atoms with Crippen LogP contribution in [0.5, 0.6) is 0 Å². The molecular weight excluding hydrogens is 184 g/mol. The van der Waals surface area contributed by atoms with Crippen LogP contribution in [0.4, 0.5) is 0 Å². The van der Waals surface area contributed by atoms with Gasteiger partial charge in [-0.2, -0.15) is 0 Å². The van der Waals surface area contributed by atoms with Gasteiger partial charge in [-0.05, 0) is 25.0 Å². The Morgan fingerprint density at radius 2 is 1.87 bits per heavy atom. The zero-order valence-corrected chi connectivity index (χ0v) is 8.89. The third-order valence-corrected chi connectivity index (χ3v) is 3.28. The summed E-state index contributed by atoms with van der Waals surface area (Å²) in [7, 11) is 0. The van der Waals surface area contributed by atoms with E-state index in [-0.39, 0.29) is 6.04 Å². The average molecular weight is 200 g/mol. The molecule has 1 fully saturated rings. The van der Waals surface area contributed by atoms with Gasteiger partial charge in [0.05, 0.1) is 0 Å². The van der Waals surface area contributed by atoms with Crippen molar-refractivity contribution in [3.05, 3.63) is 41.5 Å². The van der Waals surface area contributed by atoms with Crippen LogP contribution in [0.3, 0.4) is 0 Å². The van der Waals surface area contributed by atoms with Crippen LogP contribution in [0.1, 0.15) is 43.7 Å². The predicted octanol–water partition coefficient (Wildman–Crippen LogP) is 3.62. The summed E-state index contributed by atoms with van der Waals surface area (Å²) >= 11 is 0. The standard InChI is InChI=1S/C13H16N2/c1-14-13(11-5-3-2-4-6-11)12-7-9-15-10-8-12/h7-11,13H,2-6H2. The molecule has 0 aromatic carbocycles. The molecule has 0 radical (unpaired) electrons. The molecule has 1 unspecified atom stereocenters. The first-order valence-corrected chi connectivity index (χ1v) is 5.68. The first kappa shape index (κ1) is 10.2. The van der Waals surface area contributed by atoms with Crippen LogP contribution < -0.4 is 0 Å². The monoisotopic (exact) mass is 200 g/mol. The van der Waals surface area contributed by atoms with Gasteiger partial charge in [0.15, 0.2) is 0 Å². The second-order valence-electron chi connectivity index (χ2n) is 4.25. The van der Waals surface area contributed by atoms with Crippen molar-refractivity contribution in [3.63, 3.8) is 0 Å².